The molecule has 0 saturated heterocycles. The molecule has 1 aliphatic rings. The number of aliphatic carboxylic acids is 1. The molecule has 43 heavy (non-hydrogen) atoms. The van der Waals surface area contributed by atoms with Crippen LogP contribution < -0.4 is 15.0 Å². The molecular formula is C32H29F3N4O4. The van der Waals surface area contributed by atoms with Gasteiger partial charge in [-0.05, 0) is 49.6 Å². The number of fused-ring (bicyclic) bond motifs is 1. The molecule has 0 fully saturated rings. The molecule has 1 amide bonds. The number of hydrogen-bond acceptors (Lipinski definition) is 6. The van der Waals surface area contributed by atoms with E-state index in [1.165, 1.54) is 4.90 Å². The minimum absolute atomic E-state index is 0.161. The van der Waals surface area contributed by atoms with Crippen molar-refractivity contribution in [3.8, 4) is 6.01 Å². The fourth-order valence-electron chi connectivity index (χ4n) is 5.47. The second kappa shape index (κ2) is 11.8. The number of para-hydroxylation sites is 1. The number of halogens is 3. The first-order valence-corrected chi connectivity index (χ1v) is 13.6. The number of ether oxygens (including phenoxy) is 1. The van der Waals surface area contributed by atoms with E-state index in [9.17, 15) is 27.9 Å². The van der Waals surface area contributed by atoms with Crippen LogP contribution in [-0.4, -0.2) is 39.6 Å². The lowest BCUT2D eigenvalue weighted by molar-refractivity contribution is -0.149. The summed E-state index contributed by atoms with van der Waals surface area (Å²) in [5, 5.41) is 13.9. The Kier molecular flexibility index (Phi) is 8.19. The number of aryl methyl sites for hydroxylation is 3. The summed E-state index contributed by atoms with van der Waals surface area (Å²) < 4.78 is 48.7. The number of aromatic nitrogens is 2. The molecule has 0 saturated carbocycles. The van der Waals surface area contributed by atoms with E-state index in [0.29, 0.717) is 28.9 Å². The van der Waals surface area contributed by atoms with Gasteiger partial charge >= 0.3 is 12.0 Å². The Balaban J connectivity index is 1.75. The first-order chi connectivity index (χ1) is 20.5. The van der Waals surface area contributed by atoms with Crippen LogP contribution in [0.25, 0.3) is 0 Å². The first-order valence-electron chi connectivity index (χ1n) is 13.6. The molecule has 2 N–H and O–H groups in total. The standard InChI is InChI=1S/C32H29F3N4O4/c1-4-20-8-7-9-22(15-20)32(29(30(41)42)43-31-37-18(2)14-19(3)38-31)23-10-5-6-11-25(23)39(26(40)16-36-32)17-21-12-13-24(33)28(35)27(21)34/h5-15,29,36H,4,16-17H2,1-3H3,(H,41,42)/t29-,32+/m1/s1. The highest BCUT2D eigenvalue weighted by atomic mass is 19.2. The Bertz CT molecular complexity index is 1700. The van der Waals surface area contributed by atoms with Gasteiger partial charge in [0, 0.05) is 28.2 Å². The van der Waals surface area contributed by atoms with E-state index in [0.717, 1.165) is 17.7 Å². The fraction of sp³-hybridized carbons (Fsp3) is 0.250. The fourth-order valence-corrected chi connectivity index (χ4v) is 5.47. The number of nitrogens with one attached hydrogen (secondary N) is 1. The number of carbonyl (C=O) groups excluding carboxylic acids is 1. The summed E-state index contributed by atoms with van der Waals surface area (Å²) in [5.74, 6) is -6.33. The summed E-state index contributed by atoms with van der Waals surface area (Å²) in [7, 11) is 0. The molecular weight excluding hydrogens is 561 g/mol. The molecule has 11 heteroatoms. The zero-order chi connectivity index (χ0) is 30.9. The zero-order valence-corrected chi connectivity index (χ0v) is 23.7. The van der Waals surface area contributed by atoms with Crippen molar-refractivity contribution in [2.75, 3.05) is 11.4 Å². The average molecular weight is 591 g/mol. The molecule has 2 heterocycles. The van der Waals surface area contributed by atoms with Crippen molar-refractivity contribution in [2.24, 2.45) is 0 Å². The molecule has 0 spiro atoms. The molecule has 1 aliphatic heterocycles. The predicted molar refractivity (Wildman–Crippen MR) is 152 cm³/mol. The van der Waals surface area contributed by atoms with Crippen LogP contribution in [0, 0.1) is 31.3 Å². The van der Waals surface area contributed by atoms with E-state index >= 15 is 0 Å². The predicted octanol–water partition coefficient (Wildman–Crippen LogP) is 4.99. The van der Waals surface area contributed by atoms with E-state index in [-0.39, 0.29) is 17.3 Å². The van der Waals surface area contributed by atoms with Crippen LogP contribution in [0.15, 0.2) is 66.7 Å². The normalized spacial score (nSPS) is 17.3. The Morgan fingerprint density at radius 3 is 2.44 bits per heavy atom. The van der Waals surface area contributed by atoms with E-state index < -0.39 is 54.1 Å². The minimum atomic E-state index is -1.70. The number of nitrogens with zero attached hydrogens (tertiary/aromatic N) is 3. The Labute approximate surface area is 246 Å². The van der Waals surface area contributed by atoms with E-state index in [1.807, 2.05) is 19.1 Å². The molecule has 0 bridgehead atoms. The van der Waals surface area contributed by atoms with Crippen molar-refractivity contribution >= 4 is 17.6 Å². The van der Waals surface area contributed by atoms with Gasteiger partial charge in [-0.2, -0.15) is 0 Å². The third kappa shape index (κ3) is 5.55. The highest BCUT2D eigenvalue weighted by Gasteiger charge is 2.52. The SMILES string of the molecule is CCc1cccc([C@]2([C@H](Oc3nc(C)cc(C)n3)C(=O)O)NCC(=O)N(Cc3ccc(F)c(F)c3F)c3ccccc32)c1. The second-order valence-corrected chi connectivity index (χ2v) is 10.3. The average Bonchev–Trinajstić information content (AvgIpc) is 3.10. The first kappa shape index (κ1) is 29.7. The lowest BCUT2D eigenvalue weighted by atomic mass is 9.76. The van der Waals surface area contributed by atoms with Gasteiger partial charge < -0.3 is 14.7 Å². The molecule has 0 unspecified atom stereocenters. The van der Waals surface area contributed by atoms with Gasteiger partial charge in [0.1, 0.15) is 5.54 Å². The Hall–Kier alpha value is -4.77. The van der Waals surface area contributed by atoms with E-state index in [2.05, 4.69) is 15.3 Å². The maximum Gasteiger partial charge on any atom is 0.347 e. The van der Waals surface area contributed by atoms with Crippen molar-refractivity contribution in [3.05, 3.63) is 118 Å². The molecule has 2 atom stereocenters. The number of amides is 1. The minimum Gasteiger partial charge on any atom is -0.478 e. The smallest absolute Gasteiger partial charge is 0.347 e. The van der Waals surface area contributed by atoms with Crippen LogP contribution in [0.5, 0.6) is 6.01 Å². The van der Waals surface area contributed by atoms with Gasteiger partial charge in [-0.1, -0.05) is 55.5 Å². The van der Waals surface area contributed by atoms with Crippen LogP contribution in [0.3, 0.4) is 0 Å². The van der Waals surface area contributed by atoms with Crippen molar-refractivity contribution in [1.29, 1.82) is 0 Å². The van der Waals surface area contributed by atoms with Crippen LogP contribution in [0.2, 0.25) is 0 Å². The number of carboxylic acid groups (broad SMARTS) is 1. The topological polar surface area (TPSA) is 105 Å². The van der Waals surface area contributed by atoms with Crippen LogP contribution in [0.4, 0.5) is 18.9 Å². The van der Waals surface area contributed by atoms with Crippen molar-refractivity contribution in [1.82, 2.24) is 15.3 Å². The van der Waals surface area contributed by atoms with Gasteiger partial charge in [0.15, 0.2) is 17.5 Å². The summed E-state index contributed by atoms with van der Waals surface area (Å²) in [6.45, 7) is 4.56. The summed E-state index contributed by atoms with van der Waals surface area (Å²) in [4.78, 5) is 36.6. The van der Waals surface area contributed by atoms with E-state index in [1.54, 1.807) is 56.3 Å². The summed E-state index contributed by atoms with van der Waals surface area (Å²) >= 11 is 0. The van der Waals surface area contributed by atoms with Crippen molar-refractivity contribution in [3.63, 3.8) is 0 Å². The van der Waals surface area contributed by atoms with Gasteiger partial charge in [-0.15, -0.1) is 0 Å². The molecule has 3 aromatic carbocycles. The number of hydrogen-bond donors (Lipinski definition) is 2. The largest absolute Gasteiger partial charge is 0.478 e. The van der Waals surface area contributed by atoms with Gasteiger partial charge in [-0.3, -0.25) is 10.1 Å². The Morgan fingerprint density at radius 2 is 1.74 bits per heavy atom. The molecule has 222 valence electrons. The summed E-state index contributed by atoms with van der Waals surface area (Å²) in [6, 6.07) is 17.2. The third-order valence-corrected chi connectivity index (χ3v) is 7.48. The zero-order valence-electron chi connectivity index (χ0n) is 23.7. The molecule has 5 rings (SSSR count). The lowest BCUT2D eigenvalue weighted by Crippen LogP contribution is -2.58. The van der Waals surface area contributed by atoms with Crippen molar-refractivity contribution in [2.45, 2.75) is 45.4 Å². The monoisotopic (exact) mass is 590 g/mol. The third-order valence-electron chi connectivity index (χ3n) is 7.48. The van der Waals surface area contributed by atoms with Crippen molar-refractivity contribution < 1.29 is 32.6 Å². The van der Waals surface area contributed by atoms with Crippen LogP contribution in [0.1, 0.15) is 40.6 Å². The number of benzene rings is 3. The molecule has 0 radical (unpaired) electrons. The summed E-state index contributed by atoms with van der Waals surface area (Å²) in [6.07, 6.45) is -1.06. The highest BCUT2D eigenvalue weighted by molar-refractivity contribution is 5.97. The number of carboxylic acids is 1. The number of rotatable bonds is 8. The second-order valence-electron chi connectivity index (χ2n) is 10.3. The number of carbonyl (C=O) groups is 2. The number of anilines is 1. The highest BCUT2D eigenvalue weighted by Crippen LogP contribution is 2.43. The van der Waals surface area contributed by atoms with E-state index in [4.69, 9.17) is 4.74 Å². The molecule has 4 aromatic rings. The quantitative estimate of drug-likeness (QED) is 0.279. The van der Waals surface area contributed by atoms with Gasteiger partial charge in [0.05, 0.1) is 13.1 Å². The maximum absolute atomic E-state index is 14.8. The van der Waals surface area contributed by atoms with Crippen LogP contribution in [-0.2, 0) is 28.1 Å². The maximum atomic E-state index is 14.8. The molecule has 8 nitrogen and oxygen atoms in total. The van der Waals surface area contributed by atoms with Crippen LogP contribution >= 0.6 is 0 Å². The van der Waals surface area contributed by atoms with Gasteiger partial charge in [-0.25, -0.2) is 27.9 Å². The molecule has 1 aromatic heterocycles. The summed E-state index contributed by atoms with van der Waals surface area (Å²) in [5.41, 5.74) is 1.15. The van der Waals surface area contributed by atoms with Gasteiger partial charge in [0.25, 0.3) is 0 Å². The lowest BCUT2D eigenvalue weighted by Gasteiger charge is -2.39. The molecule has 0 aliphatic carbocycles. The van der Waals surface area contributed by atoms with Gasteiger partial charge in [0.2, 0.25) is 12.0 Å². The Morgan fingerprint density at radius 1 is 1.02 bits per heavy atom.